The lowest BCUT2D eigenvalue weighted by molar-refractivity contribution is 0.270. The van der Waals surface area contributed by atoms with Gasteiger partial charge in [-0.05, 0) is 53.1 Å². The third-order valence-electron chi connectivity index (χ3n) is 6.66. The van der Waals surface area contributed by atoms with Crippen molar-refractivity contribution in [2.24, 2.45) is 0 Å². The van der Waals surface area contributed by atoms with Crippen LogP contribution in [-0.4, -0.2) is 102 Å². The van der Waals surface area contributed by atoms with Gasteiger partial charge >= 0.3 is 0 Å². The molecule has 0 radical (unpaired) electrons. The van der Waals surface area contributed by atoms with Crippen LogP contribution < -0.4 is 25.3 Å². The molecule has 2 aromatic heterocycles. The van der Waals surface area contributed by atoms with Crippen LogP contribution in [0.2, 0.25) is 0 Å². The third kappa shape index (κ3) is 7.78. The van der Waals surface area contributed by atoms with E-state index in [1.807, 2.05) is 12.3 Å². The molecule has 3 heterocycles. The lowest BCUT2D eigenvalue weighted by atomic mass is 10.3. The number of hydrogen-bond acceptors (Lipinski definition) is 11. The third-order valence-corrected chi connectivity index (χ3v) is 6.66. The van der Waals surface area contributed by atoms with Gasteiger partial charge < -0.3 is 30.2 Å². The van der Waals surface area contributed by atoms with Gasteiger partial charge in [0.25, 0.3) is 0 Å². The molecule has 0 unspecified atom stereocenters. The summed E-state index contributed by atoms with van der Waals surface area (Å²) in [7, 11) is 0. The topological polar surface area (TPSA) is 101 Å². The minimum Gasteiger partial charge on any atom is -0.354 e. The summed E-state index contributed by atoms with van der Waals surface area (Å²) < 4.78 is 0. The van der Waals surface area contributed by atoms with E-state index in [4.69, 9.17) is 9.97 Å². The van der Waals surface area contributed by atoms with Gasteiger partial charge in [-0.15, -0.1) is 0 Å². The summed E-state index contributed by atoms with van der Waals surface area (Å²) in [6, 6.07) is 2.00. The van der Waals surface area contributed by atoms with Crippen molar-refractivity contribution < 1.29 is 0 Å². The molecule has 11 heteroatoms. The number of rotatable bonds is 15. The van der Waals surface area contributed by atoms with E-state index < -0.39 is 0 Å². The Balaban J connectivity index is 1.47. The predicted octanol–water partition coefficient (Wildman–Crippen LogP) is 2.80. The van der Waals surface area contributed by atoms with E-state index in [1.54, 1.807) is 0 Å². The highest BCUT2D eigenvalue weighted by Crippen LogP contribution is 2.17. The number of aromatic nitrogens is 5. The van der Waals surface area contributed by atoms with Gasteiger partial charge in [-0.25, -0.2) is 4.98 Å². The maximum Gasteiger partial charge on any atom is 0.231 e. The molecule has 2 N–H and O–H groups in total. The molecule has 0 atom stereocenters. The van der Waals surface area contributed by atoms with Gasteiger partial charge in [-0.2, -0.15) is 19.9 Å². The maximum atomic E-state index is 4.73. The first-order valence-electron chi connectivity index (χ1n) is 13.7. The largest absolute Gasteiger partial charge is 0.354 e. The molecule has 0 aromatic carbocycles. The van der Waals surface area contributed by atoms with Crippen molar-refractivity contribution in [1.29, 1.82) is 0 Å². The first-order chi connectivity index (χ1) is 17.6. The molecule has 0 aliphatic carbocycles. The number of nitrogens with one attached hydrogen (secondary N) is 2. The van der Waals surface area contributed by atoms with Gasteiger partial charge in [0.1, 0.15) is 5.82 Å². The smallest absolute Gasteiger partial charge is 0.231 e. The highest BCUT2D eigenvalue weighted by molar-refractivity contribution is 5.45. The van der Waals surface area contributed by atoms with Gasteiger partial charge in [-0.1, -0.05) is 6.92 Å². The number of anilines is 5. The zero-order valence-corrected chi connectivity index (χ0v) is 22.9. The normalized spacial score (nSPS) is 14.1. The van der Waals surface area contributed by atoms with E-state index in [1.165, 1.54) is 0 Å². The second-order valence-corrected chi connectivity index (χ2v) is 8.82. The van der Waals surface area contributed by atoms with Crippen molar-refractivity contribution in [3.05, 3.63) is 12.3 Å². The molecular formula is C25H45N11. The summed E-state index contributed by atoms with van der Waals surface area (Å²) in [4.78, 5) is 32.3. The lowest BCUT2D eigenvalue weighted by Crippen LogP contribution is -2.46. The summed E-state index contributed by atoms with van der Waals surface area (Å²) in [5, 5.41) is 6.79. The standard InChI is InChI=1S/C25H45N11/c1-6-33-17-19-36(20-18-33)21-13-16-28-22(29-21)26-14-11-12-15-27-23-30-24(34(7-2)8-3)32-25(31-23)35(9-4)10-5/h13,16H,6-12,14-15,17-20H2,1-5H3,(H,26,28,29)(H,27,30,31,32). The number of unbranched alkanes of at least 4 members (excludes halogenated alkanes) is 1. The fourth-order valence-corrected chi connectivity index (χ4v) is 4.28. The highest BCUT2D eigenvalue weighted by Gasteiger charge is 2.17. The molecule has 0 saturated carbocycles. The minimum absolute atomic E-state index is 0.640. The fourth-order valence-electron chi connectivity index (χ4n) is 4.28. The van der Waals surface area contributed by atoms with Gasteiger partial charge in [0.2, 0.25) is 23.8 Å². The quantitative estimate of drug-likeness (QED) is 0.354. The molecule has 0 amide bonds. The Morgan fingerprint density at radius 2 is 1.28 bits per heavy atom. The molecule has 1 aliphatic rings. The first kappa shape index (κ1) is 27.6. The predicted molar refractivity (Wildman–Crippen MR) is 150 cm³/mol. The van der Waals surface area contributed by atoms with E-state index in [0.717, 1.165) is 103 Å². The van der Waals surface area contributed by atoms with Crippen LogP contribution in [0.3, 0.4) is 0 Å². The summed E-state index contributed by atoms with van der Waals surface area (Å²) in [5.74, 6) is 3.81. The van der Waals surface area contributed by atoms with Crippen molar-refractivity contribution in [1.82, 2.24) is 29.8 Å². The van der Waals surface area contributed by atoms with Gasteiger partial charge in [0.05, 0.1) is 0 Å². The molecule has 1 saturated heterocycles. The Bertz CT molecular complexity index is 863. The molecule has 2 aromatic rings. The number of hydrogen-bond donors (Lipinski definition) is 2. The molecule has 1 aliphatic heterocycles. The summed E-state index contributed by atoms with van der Waals surface area (Å²) in [5.41, 5.74) is 0. The van der Waals surface area contributed by atoms with Gasteiger partial charge in [-0.3, -0.25) is 0 Å². The molecule has 200 valence electrons. The summed E-state index contributed by atoms with van der Waals surface area (Å²) >= 11 is 0. The molecule has 11 nitrogen and oxygen atoms in total. The second kappa shape index (κ2) is 14.6. The van der Waals surface area contributed by atoms with E-state index in [2.05, 4.69) is 79.8 Å². The van der Waals surface area contributed by atoms with E-state index in [-0.39, 0.29) is 0 Å². The van der Waals surface area contributed by atoms with Crippen LogP contribution in [-0.2, 0) is 0 Å². The number of likely N-dealkylation sites (N-methyl/N-ethyl adjacent to an activating group) is 1. The molecule has 0 spiro atoms. The van der Waals surface area contributed by atoms with Crippen LogP contribution in [0.5, 0.6) is 0 Å². The second-order valence-electron chi connectivity index (χ2n) is 8.82. The van der Waals surface area contributed by atoms with Crippen molar-refractivity contribution in [3.63, 3.8) is 0 Å². The molecular weight excluding hydrogens is 454 g/mol. The maximum absolute atomic E-state index is 4.73. The Labute approximate surface area is 216 Å². The highest BCUT2D eigenvalue weighted by atomic mass is 15.4. The van der Waals surface area contributed by atoms with Crippen molar-refractivity contribution in [2.75, 3.05) is 97.3 Å². The van der Waals surface area contributed by atoms with Crippen molar-refractivity contribution >= 4 is 29.6 Å². The average Bonchev–Trinajstić information content (AvgIpc) is 2.92. The van der Waals surface area contributed by atoms with Crippen LogP contribution >= 0.6 is 0 Å². The monoisotopic (exact) mass is 499 g/mol. The fraction of sp³-hybridized carbons (Fsp3) is 0.720. The van der Waals surface area contributed by atoms with Crippen LogP contribution in [0, 0.1) is 0 Å². The lowest BCUT2D eigenvalue weighted by Gasteiger charge is -2.34. The van der Waals surface area contributed by atoms with Gasteiger partial charge in [0, 0.05) is 71.6 Å². The van der Waals surface area contributed by atoms with E-state index >= 15 is 0 Å². The Kier molecular flexibility index (Phi) is 11.2. The van der Waals surface area contributed by atoms with Crippen molar-refractivity contribution in [2.45, 2.75) is 47.5 Å². The minimum atomic E-state index is 0.640. The Morgan fingerprint density at radius 1 is 0.722 bits per heavy atom. The molecule has 0 bridgehead atoms. The summed E-state index contributed by atoms with van der Waals surface area (Å²) in [6.07, 6.45) is 3.82. The zero-order valence-electron chi connectivity index (χ0n) is 22.9. The Morgan fingerprint density at radius 3 is 1.81 bits per heavy atom. The van der Waals surface area contributed by atoms with Crippen LogP contribution in [0.25, 0.3) is 0 Å². The van der Waals surface area contributed by atoms with Gasteiger partial charge in [0.15, 0.2) is 0 Å². The number of piperazine rings is 1. The molecule has 1 fully saturated rings. The molecule has 3 rings (SSSR count). The van der Waals surface area contributed by atoms with Crippen LogP contribution in [0.1, 0.15) is 47.5 Å². The summed E-state index contributed by atoms with van der Waals surface area (Å²) in [6.45, 7) is 21.1. The van der Waals surface area contributed by atoms with Crippen LogP contribution in [0.15, 0.2) is 12.3 Å². The van der Waals surface area contributed by atoms with Crippen LogP contribution in [0.4, 0.5) is 29.6 Å². The van der Waals surface area contributed by atoms with E-state index in [0.29, 0.717) is 11.9 Å². The number of nitrogens with zero attached hydrogens (tertiary/aromatic N) is 9. The Hall–Kier alpha value is -2.95. The van der Waals surface area contributed by atoms with Crippen molar-refractivity contribution in [3.8, 4) is 0 Å². The molecule has 36 heavy (non-hydrogen) atoms. The van der Waals surface area contributed by atoms with E-state index in [9.17, 15) is 0 Å². The average molecular weight is 500 g/mol. The zero-order chi connectivity index (χ0) is 25.8. The SMILES string of the molecule is CCN1CCN(c2ccnc(NCCCCNc3nc(N(CC)CC)nc(N(CC)CC)n3)n2)CC1. The first-order valence-corrected chi connectivity index (χ1v) is 13.7.